The van der Waals surface area contributed by atoms with Crippen molar-refractivity contribution < 1.29 is 22.7 Å². The first-order valence-electron chi connectivity index (χ1n) is 11.5. The van der Waals surface area contributed by atoms with Crippen molar-refractivity contribution in [1.29, 1.82) is 0 Å². The van der Waals surface area contributed by atoms with E-state index in [-0.39, 0.29) is 23.4 Å². The molecule has 8 heteroatoms. The number of rotatable bonds is 4. The summed E-state index contributed by atoms with van der Waals surface area (Å²) in [7, 11) is 0. The predicted octanol–water partition coefficient (Wildman–Crippen LogP) is 6.10. The van der Waals surface area contributed by atoms with Crippen LogP contribution < -0.4 is 10.1 Å². The molecular formula is C27H24F3N3O2. The number of pyridine rings is 1. The summed E-state index contributed by atoms with van der Waals surface area (Å²) in [6, 6.07) is 12.2. The number of fused-ring (bicyclic) bond motifs is 2. The largest absolute Gasteiger partial charge is 0.493 e. The lowest BCUT2D eigenvalue weighted by Gasteiger charge is -2.27. The zero-order valence-corrected chi connectivity index (χ0v) is 19.5. The number of ether oxygens (including phenoxy) is 1. The number of carbonyl (C=O) groups excluding carboxylic acids is 1. The quantitative estimate of drug-likeness (QED) is 0.360. The van der Waals surface area contributed by atoms with E-state index < -0.39 is 23.0 Å². The first-order valence-corrected chi connectivity index (χ1v) is 11.5. The summed E-state index contributed by atoms with van der Waals surface area (Å²) in [5.74, 6) is -2.97. The number of halogens is 3. The summed E-state index contributed by atoms with van der Waals surface area (Å²) in [6.45, 7) is 5.92. The van der Waals surface area contributed by atoms with E-state index in [1.54, 1.807) is 19.1 Å². The van der Waals surface area contributed by atoms with Gasteiger partial charge in [-0.2, -0.15) is 5.10 Å². The second kappa shape index (κ2) is 8.76. The molecule has 0 unspecified atom stereocenters. The van der Waals surface area contributed by atoms with Crippen molar-refractivity contribution in [2.24, 2.45) is 0 Å². The van der Waals surface area contributed by atoms with Gasteiger partial charge in [0.25, 0.3) is 5.91 Å². The number of benzene rings is 2. The Morgan fingerprint density at radius 1 is 1.06 bits per heavy atom. The molecule has 4 aromatic rings. The smallest absolute Gasteiger partial charge is 0.253 e. The van der Waals surface area contributed by atoms with E-state index in [0.29, 0.717) is 35.5 Å². The number of hydrogen-bond donors (Lipinski definition) is 1. The van der Waals surface area contributed by atoms with Crippen molar-refractivity contribution >= 4 is 11.4 Å². The third kappa shape index (κ3) is 3.83. The summed E-state index contributed by atoms with van der Waals surface area (Å²) >= 11 is 0. The number of aryl methyl sites for hydroxylation is 1. The van der Waals surface area contributed by atoms with E-state index in [4.69, 9.17) is 4.74 Å². The van der Waals surface area contributed by atoms with E-state index in [1.807, 2.05) is 38.1 Å². The van der Waals surface area contributed by atoms with Gasteiger partial charge in [-0.15, -0.1) is 0 Å². The molecule has 2 aromatic carbocycles. The highest BCUT2D eigenvalue weighted by molar-refractivity contribution is 5.97. The van der Waals surface area contributed by atoms with Gasteiger partial charge in [0, 0.05) is 17.5 Å². The molecule has 0 bridgehead atoms. The normalized spacial score (nSPS) is 15.2. The Hall–Kier alpha value is -3.81. The molecule has 0 radical (unpaired) electrons. The third-order valence-corrected chi connectivity index (χ3v) is 6.36. The van der Waals surface area contributed by atoms with Gasteiger partial charge in [0.2, 0.25) is 0 Å². The van der Waals surface area contributed by atoms with E-state index in [9.17, 15) is 18.0 Å². The maximum atomic E-state index is 14.7. The summed E-state index contributed by atoms with van der Waals surface area (Å²) < 4.78 is 50.5. The van der Waals surface area contributed by atoms with Crippen LogP contribution in [0.4, 0.5) is 13.2 Å². The molecule has 1 atom stereocenters. The van der Waals surface area contributed by atoms with Gasteiger partial charge in [-0.25, -0.2) is 17.7 Å². The topological polar surface area (TPSA) is 55.6 Å². The van der Waals surface area contributed by atoms with Gasteiger partial charge in [0.1, 0.15) is 11.6 Å². The van der Waals surface area contributed by atoms with Crippen molar-refractivity contribution in [1.82, 2.24) is 14.9 Å². The maximum absolute atomic E-state index is 14.7. The SMILES string of the molecule is Cc1nn2c(C(C)C)c(C(=O)N[C@H]3CCOc4ccccc43)ccc2c1-c1c(F)ccc(F)c1F. The second-order valence-electron chi connectivity index (χ2n) is 8.96. The number of para-hydroxylation sites is 1. The van der Waals surface area contributed by atoms with Crippen molar-refractivity contribution in [2.75, 3.05) is 6.61 Å². The minimum atomic E-state index is -1.27. The molecule has 0 spiro atoms. The van der Waals surface area contributed by atoms with Crippen LogP contribution in [-0.2, 0) is 0 Å². The summed E-state index contributed by atoms with van der Waals surface area (Å²) in [5.41, 5.74) is 2.31. The van der Waals surface area contributed by atoms with Gasteiger partial charge in [-0.3, -0.25) is 4.79 Å². The summed E-state index contributed by atoms with van der Waals surface area (Å²) in [5, 5.41) is 7.61. The van der Waals surface area contributed by atoms with Crippen LogP contribution >= 0.6 is 0 Å². The molecular weight excluding hydrogens is 455 g/mol. The molecule has 0 saturated carbocycles. The van der Waals surface area contributed by atoms with Crippen LogP contribution in [0.1, 0.15) is 59.5 Å². The molecule has 1 aliphatic rings. The molecule has 0 aliphatic carbocycles. The Morgan fingerprint density at radius 3 is 2.57 bits per heavy atom. The van der Waals surface area contributed by atoms with Gasteiger partial charge in [0.05, 0.1) is 40.7 Å². The molecule has 1 amide bonds. The Labute approximate surface area is 200 Å². The molecule has 1 aliphatic heterocycles. The van der Waals surface area contributed by atoms with Gasteiger partial charge in [0.15, 0.2) is 11.6 Å². The number of amides is 1. The second-order valence-corrected chi connectivity index (χ2v) is 8.96. The van der Waals surface area contributed by atoms with Crippen LogP contribution in [0, 0.1) is 24.4 Å². The molecule has 0 fully saturated rings. The van der Waals surface area contributed by atoms with E-state index in [1.165, 1.54) is 4.52 Å². The zero-order valence-electron chi connectivity index (χ0n) is 19.5. The predicted molar refractivity (Wildman–Crippen MR) is 126 cm³/mol. The van der Waals surface area contributed by atoms with Crippen LogP contribution in [0.25, 0.3) is 16.6 Å². The van der Waals surface area contributed by atoms with E-state index >= 15 is 0 Å². The Bertz CT molecular complexity index is 1460. The standard InChI is InChI=1S/C27H24F3N3O2/c1-14(2)26-17(27(34)31-20-12-13-35-22-7-5-4-6-16(20)22)8-11-21-23(15(3)32-33(21)26)24-18(28)9-10-19(29)25(24)30/h4-11,14,20H,12-13H2,1-3H3,(H,31,34)/t20-/m0/s1. The van der Waals surface area contributed by atoms with Gasteiger partial charge in [-0.1, -0.05) is 32.0 Å². The molecule has 0 saturated heterocycles. The fourth-order valence-corrected chi connectivity index (χ4v) is 4.79. The molecule has 180 valence electrons. The summed E-state index contributed by atoms with van der Waals surface area (Å²) in [4.78, 5) is 13.4. The highest BCUT2D eigenvalue weighted by Gasteiger charge is 2.28. The lowest BCUT2D eigenvalue weighted by Crippen LogP contribution is -2.33. The van der Waals surface area contributed by atoms with Crippen molar-refractivity contribution in [3.63, 3.8) is 0 Å². The van der Waals surface area contributed by atoms with Gasteiger partial charge < -0.3 is 10.1 Å². The van der Waals surface area contributed by atoms with Crippen LogP contribution in [0.2, 0.25) is 0 Å². The summed E-state index contributed by atoms with van der Waals surface area (Å²) in [6.07, 6.45) is 0.630. The zero-order chi connectivity index (χ0) is 24.9. The van der Waals surface area contributed by atoms with Crippen LogP contribution in [-0.4, -0.2) is 22.1 Å². The van der Waals surface area contributed by atoms with Crippen LogP contribution in [0.3, 0.4) is 0 Å². The lowest BCUT2D eigenvalue weighted by molar-refractivity contribution is 0.0922. The number of nitrogens with one attached hydrogen (secondary N) is 1. The minimum absolute atomic E-state index is 0.143. The Kier molecular flexibility index (Phi) is 5.75. The van der Waals surface area contributed by atoms with Crippen molar-refractivity contribution in [3.05, 3.63) is 88.5 Å². The Balaban J connectivity index is 1.61. The van der Waals surface area contributed by atoms with Crippen LogP contribution in [0.5, 0.6) is 5.75 Å². The molecule has 5 rings (SSSR count). The molecule has 3 heterocycles. The average molecular weight is 480 g/mol. The van der Waals surface area contributed by atoms with E-state index in [0.717, 1.165) is 23.4 Å². The number of carbonyl (C=O) groups is 1. The number of hydrogen-bond acceptors (Lipinski definition) is 3. The average Bonchev–Trinajstić information content (AvgIpc) is 3.16. The van der Waals surface area contributed by atoms with Crippen molar-refractivity contribution in [2.45, 2.75) is 39.2 Å². The first kappa shape index (κ1) is 23.0. The van der Waals surface area contributed by atoms with Crippen molar-refractivity contribution in [3.8, 4) is 16.9 Å². The minimum Gasteiger partial charge on any atom is -0.493 e. The van der Waals surface area contributed by atoms with Gasteiger partial charge >= 0.3 is 0 Å². The third-order valence-electron chi connectivity index (χ3n) is 6.36. The van der Waals surface area contributed by atoms with Crippen LogP contribution in [0.15, 0.2) is 48.5 Å². The number of nitrogens with zero attached hydrogens (tertiary/aromatic N) is 2. The van der Waals surface area contributed by atoms with Gasteiger partial charge in [-0.05, 0) is 43.2 Å². The van der Waals surface area contributed by atoms with E-state index in [2.05, 4.69) is 10.4 Å². The maximum Gasteiger partial charge on any atom is 0.253 e. The highest BCUT2D eigenvalue weighted by atomic mass is 19.2. The molecule has 35 heavy (non-hydrogen) atoms. The fourth-order valence-electron chi connectivity index (χ4n) is 4.79. The Morgan fingerprint density at radius 2 is 1.80 bits per heavy atom. The lowest BCUT2D eigenvalue weighted by atomic mass is 9.97. The molecule has 2 aromatic heterocycles. The first-order chi connectivity index (χ1) is 16.8. The molecule has 5 nitrogen and oxygen atoms in total. The highest BCUT2D eigenvalue weighted by Crippen LogP contribution is 2.36. The molecule has 1 N–H and O–H groups in total. The number of aromatic nitrogens is 2. The monoisotopic (exact) mass is 479 g/mol. The fraction of sp³-hybridized carbons (Fsp3) is 0.259.